The summed E-state index contributed by atoms with van der Waals surface area (Å²) in [4.78, 5) is 0. The van der Waals surface area contributed by atoms with Gasteiger partial charge in [0.1, 0.15) is 11.6 Å². The highest BCUT2D eigenvalue weighted by Crippen LogP contribution is 2.27. The summed E-state index contributed by atoms with van der Waals surface area (Å²) in [6.45, 7) is 3.40. The van der Waals surface area contributed by atoms with Crippen molar-refractivity contribution in [2.45, 2.75) is 25.9 Å². The first kappa shape index (κ1) is 14.5. The molecule has 0 aliphatic carbocycles. The van der Waals surface area contributed by atoms with Gasteiger partial charge in [-0.05, 0) is 48.7 Å². The van der Waals surface area contributed by atoms with Crippen molar-refractivity contribution in [3.8, 4) is 5.75 Å². The molecule has 0 aromatic heterocycles. The van der Waals surface area contributed by atoms with Crippen molar-refractivity contribution >= 4 is 0 Å². The Bertz CT molecular complexity index is 606. The van der Waals surface area contributed by atoms with Gasteiger partial charge in [0.2, 0.25) is 0 Å². The van der Waals surface area contributed by atoms with Gasteiger partial charge in [0.05, 0.1) is 12.7 Å². The van der Waals surface area contributed by atoms with Gasteiger partial charge in [-0.2, -0.15) is 0 Å². The van der Waals surface area contributed by atoms with Crippen molar-refractivity contribution in [2.24, 2.45) is 0 Å². The molecule has 106 valence electrons. The molecule has 1 N–H and O–H groups in total. The molecule has 2 aromatic carbocycles. The van der Waals surface area contributed by atoms with Crippen LogP contribution in [0.2, 0.25) is 0 Å². The zero-order valence-corrected chi connectivity index (χ0v) is 12.0. The van der Waals surface area contributed by atoms with Crippen LogP contribution in [0.4, 0.5) is 4.39 Å². The van der Waals surface area contributed by atoms with E-state index in [2.05, 4.69) is 0 Å². The van der Waals surface area contributed by atoms with E-state index in [1.54, 1.807) is 33.1 Å². The summed E-state index contributed by atoms with van der Waals surface area (Å²) in [6.07, 6.45) is 0.396. The predicted molar refractivity (Wildman–Crippen MR) is 77.4 cm³/mol. The van der Waals surface area contributed by atoms with Gasteiger partial charge in [0.15, 0.2) is 0 Å². The fourth-order valence-corrected chi connectivity index (χ4v) is 2.21. The molecule has 20 heavy (non-hydrogen) atoms. The van der Waals surface area contributed by atoms with Crippen LogP contribution >= 0.6 is 0 Å². The van der Waals surface area contributed by atoms with Gasteiger partial charge >= 0.3 is 0 Å². The van der Waals surface area contributed by atoms with E-state index in [0.717, 1.165) is 11.3 Å². The van der Waals surface area contributed by atoms with E-state index in [1.165, 1.54) is 6.07 Å². The molecule has 2 rings (SSSR count). The zero-order valence-electron chi connectivity index (χ0n) is 12.0. The van der Waals surface area contributed by atoms with Crippen molar-refractivity contribution in [1.82, 2.24) is 0 Å². The van der Waals surface area contributed by atoms with E-state index < -0.39 is 5.60 Å². The minimum Gasteiger partial charge on any atom is -0.497 e. The van der Waals surface area contributed by atoms with E-state index in [9.17, 15) is 9.50 Å². The lowest BCUT2D eigenvalue weighted by atomic mass is 9.88. The Morgan fingerprint density at radius 2 is 1.95 bits per heavy atom. The number of aryl methyl sites for hydroxylation is 1. The van der Waals surface area contributed by atoms with Crippen molar-refractivity contribution < 1.29 is 14.2 Å². The fraction of sp³-hybridized carbons (Fsp3) is 0.294. The summed E-state index contributed by atoms with van der Waals surface area (Å²) >= 11 is 0. The Morgan fingerprint density at radius 1 is 1.20 bits per heavy atom. The fourth-order valence-electron chi connectivity index (χ4n) is 2.21. The molecule has 1 unspecified atom stereocenters. The number of benzene rings is 2. The SMILES string of the molecule is COc1cccc(CC(C)(O)c2ccc(C)c(F)c2)c1. The minimum absolute atomic E-state index is 0.298. The lowest BCUT2D eigenvalue weighted by Crippen LogP contribution is -2.24. The maximum atomic E-state index is 13.6. The summed E-state index contributed by atoms with van der Waals surface area (Å²) in [5.74, 6) is 0.446. The van der Waals surface area contributed by atoms with Crippen LogP contribution in [0, 0.1) is 12.7 Å². The predicted octanol–water partition coefficient (Wildman–Crippen LogP) is 3.59. The van der Waals surface area contributed by atoms with Crippen molar-refractivity contribution in [3.05, 3.63) is 65.0 Å². The van der Waals surface area contributed by atoms with E-state index in [4.69, 9.17) is 4.74 Å². The molecule has 0 saturated carbocycles. The van der Waals surface area contributed by atoms with E-state index >= 15 is 0 Å². The lowest BCUT2D eigenvalue weighted by molar-refractivity contribution is 0.0572. The summed E-state index contributed by atoms with van der Waals surface area (Å²) in [6, 6.07) is 12.4. The molecule has 0 aliphatic heterocycles. The molecule has 0 amide bonds. The van der Waals surface area contributed by atoms with Gasteiger partial charge in [-0.15, -0.1) is 0 Å². The highest BCUT2D eigenvalue weighted by molar-refractivity contribution is 5.33. The molecule has 0 radical (unpaired) electrons. The van der Waals surface area contributed by atoms with Crippen LogP contribution in [0.3, 0.4) is 0 Å². The summed E-state index contributed by atoms with van der Waals surface area (Å²) in [7, 11) is 1.60. The number of halogens is 1. The molecule has 3 heteroatoms. The molecular weight excluding hydrogens is 255 g/mol. The highest BCUT2D eigenvalue weighted by Gasteiger charge is 2.24. The largest absolute Gasteiger partial charge is 0.497 e. The number of ether oxygens (including phenoxy) is 1. The monoisotopic (exact) mass is 274 g/mol. The van der Waals surface area contributed by atoms with Crippen molar-refractivity contribution in [2.75, 3.05) is 7.11 Å². The molecule has 2 aromatic rings. The lowest BCUT2D eigenvalue weighted by Gasteiger charge is -2.24. The topological polar surface area (TPSA) is 29.5 Å². The zero-order chi connectivity index (χ0) is 14.8. The third-order valence-corrected chi connectivity index (χ3v) is 3.48. The average molecular weight is 274 g/mol. The van der Waals surface area contributed by atoms with Gasteiger partial charge in [-0.1, -0.05) is 24.3 Å². The maximum Gasteiger partial charge on any atom is 0.126 e. The van der Waals surface area contributed by atoms with Gasteiger partial charge in [0, 0.05) is 6.42 Å². The Balaban J connectivity index is 2.27. The van der Waals surface area contributed by atoms with Crippen LogP contribution < -0.4 is 4.74 Å². The summed E-state index contributed by atoms with van der Waals surface area (Å²) in [5.41, 5.74) is 0.964. The summed E-state index contributed by atoms with van der Waals surface area (Å²) in [5, 5.41) is 10.6. The highest BCUT2D eigenvalue weighted by atomic mass is 19.1. The molecule has 0 heterocycles. The van der Waals surface area contributed by atoms with Crippen molar-refractivity contribution in [3.63, 3.8) is 0 Å². The smallest absolute Gasteiger partial charge is 0.126 e. The number of hydrogen-bond donors (Lipinski definition) is 1. The van der Waals surface area contributed by atoms with E-state index in [0.29, 0.717) is 17.5 Å². The Morgan fingerprint density at radius 3 is 2.60 bits per heavy atom. The maximum absolute atomic E-state index is 13.6. The first-order valence-corrected chi connectivity index (χ1v) is 6.54. The molecule has 2 nitrogen and oxygen atoms in total. The Kier molecular flexibility index (Phi) is 4.09. The van der Waals surface area contributed by atoms with Crippen LogP contribution in [0.25, 0.3) is 0 Å². The third kappa shape index (κ3) is 3.17. The molecule has 0 fully saturated rings. The number of aliphatic hydroxyl groups is 1. The molecule has 0 saturated heterocycles. The summed E-state index contributed by atoms with van der Waals surface area (Å²) < 4.78 is 18.8. The second kappa shape index (κ2) is 5.63. The van der Waals surface area contributed by atoms with Gasteiger partial charge in [-0.3, -0.25) is 0 Å². The van der Waals surface area contributed by atoms with Crippen LogP contribution in [-0.2, 0) is 12.0 Å². The first-order chi connectivity index (χ1) is 9.42. The van der Waals surface area contributed by atoms with Crippen LogP contribution in [0.1, 0.15) is 23.6 Å². The number of rotatable bonds is 4. The average Bonchev–Trinajstić information content (AvgIpc) is 2.41. The quantitative estimate of drug-likeness (QED) is 0.923. The van der Waals surface area contributed by atoms with Crippen LogP contribution in [0.15, 0.2) is 42.5 Å². The normalized spacial score (nSPS) is 13.8. The molecule has 0 aliphatic rings. The minimum atomic E-state index is -1.12. The number of hydrogen-bond acceptors (Lipinski definition) is 2. The second-order valence-corrected chi connectivity index (χ2v) is 5.27. The van der Waals surface area contributed by atoms with E-state index in [-0.39, 0.29) is 5.82 Å². The standard InChI is InChI=1S/C17H19FO2/c1-12-7-8-14(10-16(12)18)17(2,19)11-13-5-4-6-15(9-13)20-3/h4-10,19H,11H2,1-3H3. The second-order valence-electron chi connectivity index (χ2n) is 5.27. The third-order valence-electron chi connectivity index (χ3n) is 3.48. The van der Waals surface area contributed by atoms with E-state index in [1.807, 2.05) is 24.3 Å². The van der Waals surface area contributed by atoms with Crippen LogP contribution in [0.5, 0.6) is 5.75 Å². The van der Waals surface area contributed by atoms with Gasteiger partial charge < -0.3 is 9.84 Å². The van der Waals surface area contributed by atoms with Crippen molar-refractivity contribution in [1.29, 1.82) is 0 Å². The number of methoxy groups -OCH3 is 1. The molecular formula is C17H19FO2. The Labute approximate surface area is 118 Å². The molecule has 0 spiro atoms. The molecule has 1 atom stereocenters. The Hall–Kier alpha value is -1.87. The van der Waals surface area contributed by atoms with Gasteiger partial charge in [0.25, 0.3) is 0 Å². The van der Waals surface area contributed by atoms with Gasteiger partial charge in [-0.25, -0.2) is 4.39 Å². The molecule has 0 bridgehead atoms. The first-order valence-electron chi connectivity index (χ1n) is 6.54. The van der Waals surface area contributed by atoms with Crippen LogP contribution in [-0.4, -0.2) is 12.2 Å².